The lowest BCUT2D eigenvalue weighted by Crippen LogP contribution is -2.51. The van der Waals surface area contributed by atoms with Crippen molar-refractivity contribution in [3.63, 3.8) is 0 Å². The van der Waals surface area contributed by atoms with Gasteiger partial charge in [0.25, 0.3) is 0 Å². The molecule has 25 heavy (non-hydrogen) atoms. The van der Waals surface area contributed by atoms with E-state index in [4.69, 9.17) is 14.7 Å². The summed E-state index contributed by atoms with van der Waals surface area (Å²) < 4.78 is 5.56. The fraction of sp³-hybridized carbons (Fsp3) is 0.556. The third kappa shape index (κ3) is 2.90. The molecule has 0 aliphatic carbocycles. The molecule has 2 aromatic rings. The van der Waals surface area contributed by atoms with Gasteiger partial charge in [0.15, 0.2) is 0 Å². The zero-order valence-electron chi connectivity index (χ0n) is 14.1. The van der Waals surface area contributed by atoms with Crippen LogP contribution < -0.4 is 9.80 Å². The van der Waals surface area contributed by atoms with E-state index in [0.717, 1.165) is 56.6 Å². The zero-order chi connectivity index (χ0) is 16.8. The largest absolute Gasteiger partial charge is 0.389 e. The SMILES string of the molecule is OC1CN(c2nc(C3CCOC3)cc(N3CCc4sccc4C3)n2)C1. The second-order valence-electron chi connectivity index (χ2n) is 7.11. The molecule has 0 radical (unpaired) electrons. The Morgan fingerprint density at radius 3 is 2.96 bits per heavy atom. The highest BCUT2D eigenvalue weighted by molar-refractivity contribution is 7.10. The van der Waals surface area contributed by atoms with Crippen molar-refractivity contribution >= 4 is 23.1 Å². The number of anilines is 2. The lowest BCUT2D eigenvalue weighted by Gasteiger charge is -2.37. The molecule has 1 N–H and O–H groups in total. The van der Waals surface area contributed by atoms with Crippen molar-refractivity contribution in [1.29, 1.82) is 0 Å². The maximum absolute atomic E-state index is 9.64. The Bertz CT molecular complexity index is 768. The van der Waals surface area contributed by atoms with Crippen molar-refractivity contribution in [1.82, 2.24) is 9.97 Å². The highest BCUT2D eigenvalue weighted by Gasteiger charge is 2.30. The molecule has 1 atom stereocenters. The molecule has 0 saturated carbocycles. The molecular formula is C18H22N4O2S. The van der Waals surface area contributed by atoms with Gasteiger partial charge < -0.3 is 19.6 Å². The van der Waals surface area contributed by atoms with E-state index in [-0.39, 0.29) is 6.10 Å². The van der Waals surface area contributed by atoms with Gasteiger partial charge in [-0.3, -0.25) is 0 Å². The first kappa shape index (κ1) is 15.5. The number of hydrogen-bond acceptors (Lipinski definition) is 7. The molecule has 2 aromatic heterocycles. The first-order valence-corrected chi connectivity index (χ1v) is 9.84. The molecule has 2 fully saturated rings. The smallest absolute Gasteiger partial charge is 0.227 e. The van der Waals surface area contributed by atoms with Gasteiger partial charge >= 0.3 is 0 Å². The van der Waals surface area contributed by atoms with Gasteiger partial charge in [-0.15, -0.1) is 11.3 Å². The van der Waals surface area contributed by atoms with E-state index < -0.39 is 0 Å². The van der Waals surface area contributed by atoms with E-state index >= 15 is 0 Å². The molecule has 132 valence electrons. The molecule has 6 nitrogen and oxygen atoms in total. The van der Waals surface area contributed by atoms with Gasteiger partial charge in [-0.2, -0.15) is 4.98 Å². The molecule has 0 amide bonds. The highest BCUT2D eigenvalue weighted by atomic mass is 32.1. The number of hydrogen-bond donors (Lipinski definition) is 1. The summed E-state index contributed by atoms with van der Waals surface area (Å²) in [7, 11) is 0. The Hall–Kier alpha value is -1.70. The molecule has 3 aliphatic heterocycles. The van der Waals surface area contributed by atoms with Crippen LogP contribution in [-0.4, -0.2) is 54.0 Å². The minimum atomic E-state index is -0.256. The summed E-state index contributed by atoms with van der Waals surface area (Å²) >= 11 is 1.86. The average Bonchev–Trinajstić information content (AvgIpc) is 3.29. The number of aliphatic hydroxyl groups excluding tert-OH is 1. The Morgan fingerprint density at radius 1 is 1.24 bits per heavy atom. The van der Waals surface area contributed by atoms with Crippen LogP contribution in [0.1, 0.15) is 28.5 Å². The Labute approximate surface area is 151 Å². The summed E-state index contributed by atoms with van der Waals surface area (Å²) in [5.41, 5.74) is 2.50. The van der Waals surface area contributed by atoms with Crippen molar-refractivity contribution in [2.45, 2.75) is 31.4 Å². The number of ether oxygens (including phenoxy) is 1. The van der Waals surface area contributed by atoms with Gasteiger partial charge in [0.2, 0.25) is 5.95 Å². The normalized spacial score (nSPS) is 23.6. The summed E-state index contributed by atoms with van der Waals surface area (Å²) in [5.74, 6) is 2.11. The number of thiophene rings is 1. The minimum absolute atomic E-state index is 0.256. The quantitative estimate of drug-likeness (QED) is 0.903. The molecule has 0 bridgehead atoms. The Kier molecular flexibility index (Phi) is 3.87. The van der Waals surface area contributed by atoms with Crippen LogP contribution in [0.5, 0.6) is 0 Å². The third-order valence-corrected chi connectivity index (χ3v) is 6.37. The molecule has 7 heteroatoms. The van der Waals surface area contributed by atoms with E-state index in [1.54, 1.807) is 0 Å². The molecule has 1 unspecified atom stereocenters. The van der Waals surface area contributed by atoms with Crippen LogP contribution in [0.25, 0.3) is 0 Å². The van der Waals surface area contributed by atoms with Crippen molar-refractivity contribution in [3.8, 4) is 0 Å². The average molecular weight is 358 g/mol. The fourth-order valence-electron chi connectivity index (χ4n) is 3.78. The van der Waals surface area contributed by atoms with Crippen LogP contribution in [0.2, 0.25) is 0 Å². The van der Waals surface area contributed by atoms with E-state index in [0.29, 0.717) is 19.0 Å². The standard InChI is InChI=1S/C18H22N4O2S/c23-14-9-22(10-14)18-19-15(13-2-5-24-11-13)7-17(20-18)21-4-1-16-12(8-21)3-6-25-16/h3,6-7,13-14,23H,1-2,4-5,8-11H2. The molecule has 3 aliphatic rings. The Balaban J connectivity index is 1.47. The predicted molar refractivity (Wildman–Crippen MR) is 97.5 cm³/mol. The summed E-state index contributed by atoms with van der Waals surface area (Å²) in [4.78, 5) is 15.6. The van der Waals surface area contributed by atoms with Crippen LogP contribution in [0.3, 0.4) is 0 Å². The van der Waals surface area contributed by atoms with E-state index in [1.807, 2.05) is 11.3 Å². The zero-order valence-corrected chi connectivity index (χ0v) is 14.9. The molecule has 2 saturated heterocycles. The maximum Gasteiger partial charge on any atom is 0.227 e. The number of fused-ring (bicyclic) bond motifs is 1. The van der Waals surface area contributed by atoms with E-state index in [2.05, 4.69) is 27.3 Å². The lowest BCUT2D eigenvalue weighted by atomic mass is 10.0. The van der Waals surface area contributed by atoms with Crippen LogP contribution in [0, 0.1) is 0 Å². The second-order valence-corrected chi connectivity index (χ2v) is 8.11. The second kappa shape index (κ2) is 6.23. The van der Waals surface area contributed by atoms with Gasteiger partial charge in [0.1, 0.15) is 5.82 Å². The number of aliphatic hydroxyl groups is 1. The van der Waals surface area contributed by atoms with E-state index in [9.17, 15) is 5.11 Å². The Morgan fingerprint density at radius 2 is 2.16 bits per heavy atom. The summed E-state index contributed by atoms with van der Waals surface area (Å²) in [6, 6.07) is 4.38. The topological polar surface area (TPSA) is 61.7 Å². The summed E-state index contributed by atoms with van der Waals surface area (Å²) in [6.07, 6.45) is 1.85. The van der Waals surface area contributed by atoms with Gasteiger partial charge in [0.05, 0.1) is 18.4 Å². The summed E-state index contributed by atoms with van der Waals surface area (Å²) in [5, 5.41) is 11.8. The van der Waals surface area contributed by atoms with Crippen LogP contribution in [-0.2, 0) is 17.7 Å². The number of β-amino-alcohol motifs (C(OH)–C–C–N with tert-alkyl or cyclic N) is 1. The predicted octanol–water partition coefficient (Wildman–Crippen LogP) is 1.79. The van der Waals surface area contributed by atoms with Gasteiger partial charge in [-0.05, 0) is 29.9 Å². The van der Waals surface area contributed by atoms with Crippen LogP contribution in [0.4, 0.5) is 11.8 Å². The number of aromatic nitrogens is 2. The van der Waals surface area contributed by atoms with Crippen LogP contribution >= 0.6 is 11.3 Å². The molecule has 5 rings (SSSR count). The molecule has 5 heterocycles. The minimum Gasteiger partial charge on any atom is -0.389 e. The first-order valence-electron chi connectivity index (χ1n) is 8.96. The van der Waals surface area contributed by atoms with E-state index in [1.165, 1.54) is 10.4 Å². The van der Waals surface area contributed by atoms with Crippen molar-refractivity contribution in [2.75, 3.05) is 42.6 Å². The lowest BCUT2D eigenvalue weighted by molar-refractivity contribution is 0.140. The molecular weight excluding hydrogens is 336 g/mol. The summed E-state index contributed by atoms with van der Waals surface area (Å²) in [6.45, 7) is 4.71. The monoisotopic (exact) mass is 358 g/mol. The first-order chi connectivity index (χ1) is 12.3. The molecule has 0 aromatic carbocycles. The van der Waals surface area contributed by atoms with Crippen molar-refractivity contribution < 1.29 is 9.84 Å². The van der Waals surface area contributed by atoms with Crippen molar-refractivity contribution in [3.05, 3.63) is 33.6 Å². The third-order valence-electron chi connectivity index (χ3n) is 5.35. The number of nitrogens with zero attached hydrogens (tertiary/aromatic N) is 4. The van der Waals surface area contributed by atoms with Crippen LogP contribution in [0.15, 0.2) is 17.5 Å². The molecule has 0 spiro atoms. The number of rotatable bonds is 3. The highest BCUT2D eigenvalue weighted by Crippen LogP contribution is 2.32. The van der Waals surface area contributed by atoms with Crippen molar-refractivity contribution in [2.24, 2.45) is 0 Å². The van der Waals surface area contributed by atoms with Gasteiger partial charge in [-0.1, -0.05) is 0 Å². The fourth-order valence-corrected chi connectivity index (χ4v) is 4.67. The van der Waals surface area contributed by atoms with Gasteiger partial charge in [-0.25, -0.2) is 4.98 Å². The maximum atomic E-state index is 9.64. The van der Waals surface area contributed by atoms with Gasteiger partial charge in [0, 0.05) is 49.6 Å².